The second kappa shape index (κ2) is 12.0. The number of primary amides is 1. The molecule has 0 unspecified atom stereocenters. The van der Waals surface area contributed by atoms with Gasteiger partial charge in [-0.3, -0.25) is 4.79 Å². The minimum absolute atomic E-state index is 0.250. The molecule has 0 fully saturated rings. The van der Waals surface area contributed by atoms with Crippen LogP contribution in [0.5, 0.6) is 0 Å². The molecular weight excluding hydrogens is 212 g/mol. The Morgan fingerprint density at radius 1 is 1.59 bits per heavy atom. The first-order valence-corrected chi connectivity index (χ1v) is 5.28. The van der Waals surface area contributed by atoms with Gasteiger partial charge in [0.2, 0.25) is 6.41 Å². The fraction of sp³-hybridized carbons (Fsp3) is 0.286. The summed E-state index contributed by atoms with van der Waals surface area (Å²) in [5, 5.41) is 7.79. The standard InChI is InChI=1S/C9H12.C4H5N.CH3NO/c1-3-9-6-4-5-8(2)7-9;1-4(2)3-5;2-1-3/h4-7H,3H2,1-2H3;1H2,2H3;1H,(H2,2,3). The van der Waals surface area contributed by atoms with Crippen molar-refractivity contribution in [3.05, 3.63) is 47.5 Å². The summed E-state index contributed by atoms with van der Waals surface area (Å²) in [5.74, 6) is 0. The summed E-state index contributed by atoms with van der Waals surface area (Å²) in [6, 6.07) is 10.4. The van der Waals surface area contributed by atoms with Crippen LogP contribution >= 0.6 is 0 Å². The van der Waals surface area contributed by atoms with E-state index < -0.39 is 0 Å². The van der Waals surface area contributed by atoms with Gasteiger partial charge in [0.1, 0.15) is 0 Å². The van der Waals surface area contributed by atoms with Gasteiger partial charge in [-0.05, 0) is 25.8 Å². The lowest BCUT2D eigenvalue weighted by molar-refractivity contribution is -0.106. The molecule has 0 saturated heterocycles. The van der Waals surface area contributed by atoms with Crippen LogP contribution in [-0.2, 0) is 11.2 Å². The van der Waals surface area contributed by atoms with E-state index in [1.165, 1.54) is 11.1 Å². The molecule has 0 atom stereocenters. The molecule has 0 spiro atoms. The first-order valence-electron chi connectivity index (χ1n) is 5.28. The molecule has 1 aromatic carbocycles. The number of benzene rings is 1. The number of carbonyl (C=O) groups is 1. The minimum atomic E-state index is 0.250. The number of hydrogen-bond acceptors (Lipinski definition) is 2. The maximum absolute atomic E-state index is 8.58. The van der Waals surface area contributed by atoms with Crippen molar-refractivity contribution in [2.24, 2.45) is 5.73 Å². The van der Waals surface area contributed by atoms with E-state index in [1.807, 2.05) is 6.07 Å². The predicted molar refractivity (Wildman–Crippen MR) is 71.2 cm³/mol. The average Bonchev–Trinajstić information content (AvgIpc) is 2.31. The number of nitrogens with zero attached hydrogens (tertiary/aromatic N) is 1. The molecule has 2 N–H and O–H groups in total. The highest BCUT2D eigenvalue weighted by molar-refractivity contribution is 5.42. The lowest BCUT2D eigenvalue weighted by atomic mass is 10.1. The Hall–Kier alpha value is -2.08. The van der Waals surface area contributed by atoms with E-state index in [2.05, 4.69) is 50.4 Å². The smallest absolute Gasteiger partial charge is 0.204 e. The van der Waals surface area contributed by atoms with Crippen molar-refractivity contribution in [1.82, 2.24) is 0 Å². The van der Waals surface area contributed by atoms with E-state index in [9.17, 15) is 0 Å². The van der Waals surface area contributed by atoms with Crippen molar-refractivity contribution in [1.29, 1.82) is 5.26 Å². The van der Waals surface area contributed by atoms with Gasteiger partial charge in [0.25, 0.3) is 0 Å². The number of rotatable bonds is 1. The molecule has 3 heteroatoms. The highest BCUT2D eigenvalue weighted by Gasteiger charge is 1.85. The Morgan fingerprint density at radius 3 is 2.29 bits per heavy atom. The van der Waals surface area contributed by atoms with Crippen molar-refractivity contribution in [2.75, 3.05) is 0 Å². The molecule has 1 rings (SSSR count). The van der Waals surface area contributed by atoms with Crippen LogP contribution in [0.15, 0.2) is 36.4 Å². The highest BCUT2D eigenvalue weighted by atomic mass is 16.1. The molecule has 0 aromatic heterocycles. The van der Waals surface area contributed by atoms with Gasteiger partial charge in [-0.1, -0.05) is 43.3 Å². The van der Waals surface area contributed by atoms with Gasteiger partial charge in [0.15, 0.2) is 0 Å². The van der Waals surface area contributed by atoms with Gasteiger partial charge < -0.3 is 5.73 Å². The van der Waals surface area contributed by atoms with Crippen LogP contribution in [0.3, 0.4) is 0 Å². The summed E-state index contributed by atoms with van der Waals surface area (Å²) >= 11 is 0. The summed E-state index contributed by atoms with van der Waals surface area (Å²) in [6.07, 6.45) is 1.39. The van der Waals surface area contributed by atoms with Crippen LogP contribution in [0.2, 0.25) is 0 Å². The molecule has 1 amide bonds. The number of nitrogens with two attached hydrogens (primary N) is 1. The SMILES string of the molecule is C=C(C)C#N.CCc1cccc(C)c1.NC=O. The molecule has 1 aromatic rings. The van der Waals surface area contributed by atoms with Crippen molar-refractivity contribution >= 4 is 6.41 Å². The zero-order valence-corrected chi connectivity index (χ0v) is 10.7. The van der Waals surface area contributed by atoms with E-state index in [0.717, 1.165) is 6.42 Å². The van der Waals surface area contributed by atoms with Gasteiger partial charge in [-0.2, -0.15) is 5.26 Å². The van der Waals surface area contributed by atoms with Crippen molar-refractivity contribution in [2.45, 2.75) is 27.2 Å². The van der Waals surface area contributed by atoms with Crippen molar-refractivity contribution in [3.8, 4) is 6.07 Å². The minimum Gasteiger partial charge on any atom is -0.372 e. The molecule has 17 heavy (non-hydrogen) atoms. The summed E-state index contributed by atoms with van der Waals surface area (Å²) in [7, 11) is 0. The first kappa shape index (κ1) is 17.3. The van der Waals surface area contributed by atoms with Crippen LogP contribution in [0, 0.1) is 18.3 Å². The fourth-order valence-electron chi connectivity index (χ4n) is 0.932. The van der Waals surface area contributed by atoms with E-state index in [-0.39, 0.29) is 6.41 Å². The lowest BCUT2D eigenvalue weighted by Crippen LogP contribution is -1.82. The lowest BCUT2D eigenvalue weighted by Gasteiger charge is -1.95. The van der Waals surface area contributed by atoms with Crippen LogP contribution in [0.4, 0.5) is 0 Å². The summed E-state index contributed by atoms with van der Waals surface area (Å²) in [6.45, 7) is 9.28. The van der Waals surface area contributed by atoms with Gasteiger partial charge in [0, 0.05) is 5.57 Å². The molecule has 0 saturated carbocycles. The normalized spacial score (nSPS) is 7.41. The molecule has 3 nitrogen and oxygen atoms in total. The summed E-state index contributed by atoms with van der Waals surface area (Å²) in [4.78, 5) is 8.58. The van der Waals surface area contributed by atoms with Crippen molar-refractivity contribution < 1.29 is 4.79 Å². The van der Waals surface area contributed by atoms with E-state index in [0.29, 0.717) is 5.57 Å². The molecule has 0 aliphatic carbocycles. The average molecular weight is 232 g/mol. The predicted octanol–water partition coefficient (Wildman–Crippen LogP) is 2.75. The van der Waals surface area contributed by atoms with Crippen LogP contribution < -0.4 is 5.73 Å². The maximum atomic E-state index is 8.58. The largest absolute Gasteiger partial charge is 0.372 e. The number of aryl methyl sites for hydroxylation is 2. The number of allylic oxidation sites excluding steroid dienone is 1. The number of carbonyl (C=O) groups excluding carboxylic acids is 1. The van der Waals surface area contributed by atoms with Crippen LogP contribution in [-0.4, -0.2) is 6.41 Å². The first-order chi connectivity index (χ1) is 8.01. The molecule has 0 aliphatic heterocycles. The van der Waals surface area contributed by atoms with Gasteiger partial charge in [-0.15, -0.1) is 0 Å². The number of amides is 1. The Labute approximate surface area is 104 Å². The zero-order valence-electron chi connectivity index (χ0n) is 10.7. The Bertz CT molecular complexity index is 378. The third-order valence-electron chi connectivity index (χ3n) is 1.68. The van der Waals surface area contributed by atoms with Gasteiger partial charge >= 0.3 is 0 Å². The van der Waals surface area contributed by atoms with E-state index >= 15 is 0 Å². The monoisotopic (exact) mass is 232 g/mol. The zero-order chi connectivity index (χ0) is 13.7. The Morgan fingerprint density at radius 2 is 2.06 bits per heavy atom. The fourth-order valence-corrected chi connectivity index (χ4v) is 0.932. The molecule has 0 heterocycles. The van der Waals surface area contributed by atoms with Crippen LogP contribution in [0.1, 0.15) is 25.0 Å². The molecular formula is C14H20N2O. The van der Waals surface area contributed by atoms with Crippen molar-refractivity contribution in [3.63, 3.8) is 0 Å². The summed E-state index contributed by atoms with van der Waals surface area (Å²) < 4.78 is 0. The number of nitriles is 1. The second-order valence-electron chi connectivity index (χ2n) is 3.37. The Kier molecular flexibility index (Phi) is 12.2. The molecule has 92 valence electrons. The molecule has 0 aliphatic rings. The molecule has 0 bridgehead atoms. The Balaban J connectivity index is 0. The quantitative estimate of drug-likeness (QED) is 0.597. The second-order valence-corrected chi connectivity index (χ2v) is 3.37. The number of hydrogen-bond donors (Lipinski definition) is 1. The highest BCUT2D eigenvalue weighted by Crippen LogP contribution is 2.03. The van der Waals surface area contributed by atoms with Gasteiger partial charge in [0.05, 0.1) is 6.07 Å². The third-order valence-corrected chi connectivity index (χ3v) is 1.68. The summed E-state index contributed by atoms with van der Waals surface area (Å²) in [5.41, 5.74) is 7.51. The van der Waals surface area contributed by atoms with E-state index in [1.54, 1.807) is 6.92 Å². The third kappa shape index (κ3) is 13.9. The van der Waals surface area contributed by atoms with E-state index in [4.69, 9.17) is 10.1 Å². The molecule has 0 radical (unpaired) electrons. The maximum Gasteiger partial charge on any atom is 0.204 e. The topological polar surface area (TPSA) is 66.9 Å². The van der Waals surface area contributed by atoms with Crippen LogP contribution in [0.25, 0.3) is 0 Å². The van der Waals surface area contributed by atoms with Gasteiger partial charge in [-0.25, -0.2) is 0 Å².